The number of methoxy groups -OCH3 is 1. The van der Waals surface area contributed by atoms with Gasteiger partial charge in [-0.3, -0.25) is 9.52 Å². The quantitative estimate of drug-likeness (QED) is 0.541. The van der Waals surface area contributed by atoms with E-state index in [9.17, 15) is 21.6 Å². The van der Waals surface area contributed by atoms with E-state index in [1.807, 2.05) is 0 Å². The van der Waals surface area contributed by atoms with Gasteiger partial charge in [-0.05, 0) is 61.0 Å². The highest BCUT2D eigenvalue weighted by Crippen LogP contribution is 2.28. The van der Waals surface area contributed by atoms with Crippen molar-refractivity contribution in [2.24, 2.45) is 0 Å². The normalized spacial score (nSPS) is 11.6. The topological polar surface area (TPSA) is 119 Å². The molecule has 2 N–H and O–H groups in total. The zero-order valence-corrected chi connectivity index (χ0v) is 19.2. The van der Waals surface area contributed by atoms with Crippen molar-refractivity contribution >= 4 is 37.1 Å². The fraction of sp³-hybridized carbons (Fsp3) is 0.136. The van der Waals surface area contributed by atoms with E-state index in [1.165, 1.54) is 37.4 Å². The smallest absolute Gasteiger partial charge is 0.262 e. The molecule has 168 valence electrons. The molecule has 10 heteroatoms. The van der Waals surface area contributed by atoms with E-state index in [-0.39, 0.29) is 26.7 Å². The van der Waals surface area contributed by atoms with Crippen LogP contribution in [0.3, 0.4) is 0 Å². The van der Waals surface area contributed by atoms with E-state index in [4.69, 9.17) is 4.74 Å². The lowest BCUT2D eigenvalue weighted by molar-refractivity contribution is 0.102. The summed E-state index contributed by atoms with van der Waals surface area (Å²) in [5.74, 6) is -0.134. The van der Waals surface area contributed by atoms with Gasteiger partial charge in [-0.1, -0.05) is 18.2 Å². The Balaban J connectivity index is 1.86. The molecule has 0 aliphatic rings. The summed E-state index contributed by atoms with van der Waals surface area (Å²) in [6.45, 7) is 1.65. The third-order valence-electron chi connectivity index (χ3n) is 4.63. The molecule has 0 unspecified atom stereocenters. The number of sulfonamides is 1. The third kappa shape index (κ3) is 5.27. The average Bonchev–Trinajstić information content (AvgIpc) is 2.74. The summed E-state index contributed by atoms with van der Waals surface area (Å²) in [7, 11) is -5.90. The van der Waals surface area contributed by atoms with E-state index in [0.29, 0.717) is 11.3 Å². The van der Waals surface area contributed by atoms with Crippen LogP contribution in [0.15, 0.2) is 76.5 Å². The highest BCUT2D eigenvalue weighted by atomic mass is 32.2. The molecule has 0 aromatic heterocycles. The first-order valence-corrected chi connectivity index (χ1v) is 12.8. The minimum atomic E-state index is -3.97. The van der Waals surface area contributed by atoms with Crippen LogP contribution in [0.1, 0.15) is 15.9 Å². The van der Waals surface area contributed by atoms with Crippen molar-refractivity contribution in [2.45, 2.75) is 16.7 Å². The summed E-state index contributed by atoms with van der Waals surface area (Å²) in [6.07, 6.45) is 1.08. The van der Waals surface area contributed by atoms with Crippen molar-refractivity contribution in [1.29, 1.82) is 0 Å². The fourth-order valence-electron chi connectivity index (χ4n) is 2.95. The van der Waals surface area contributed by atoms with Gasteiger partial charge in [-0.15, -0.1) is 0 Å². The van der Waals surface area contributed by atoms with Gasteiger partial charge in [0.2, 0.25) is 0 Å². The number of amides is 1. The van der Waals surface area contributed by atoms with Crippen molar-refractivity contribution in [3.8, 4) is 5.75 Å². The molecule has 0 radical (unpaired) electrons. The molecule has 0 spiro atoms. The molecular formula is C22H22N2O6S2. The predicted octanol–water partition coefficient (Wildman–Crippen LogP) is 3.46. The number of anilines is 2. The molecular weight excluding hydrogens is 452 g/mol. The number of hydrogen-bond donors (Lipinski definition) is 2. The summed E-state index contributed by atoms with van der Waals surface area (Å²) >= 11 is 0. The molecule has 0 fully saturated rings. The molecule has 32 heavy (non-hydrogen) atoms. The van der Waals surface area contributed by atoms with Gasteiger partial charge in [-0.25, -0.2) is 16.8 Å². The molecule has 3 aromatic rings. The summed E-state index contributed by atoms with van der Waals surface area (Å²) in [5.41, 5.74) is 1.28. The molecule has 0 aliphatic heterocycles. The molecule has 8 nitrogen and oxygen atoms in total. The summed E-state index contributed by atoms with van der Waals surface area (Å²) in [4.78, 5) is 12.6. The Bertz CT molecular complexity index is 1370. The first-order chi connectivity index (χ1) is 15.0. The third-order valence-corrected chi connectivity index (χ3v) is 7.27. The number of para-hydroxylation sites is 2. The SMILES string of the molecule is COc1ccccc1NS(=O)(=O)c1cc(NC(=O)c2ccc(S(C)(=O)=O)cc2)ccc1C. The highest BCUT2D eigenvalue weighted by Gasteiger charge is 2.20. The second-order valence-electron chi connectivity index (χ2n) is 7.04. The molecule has 3 aromatic carbocycles. The fourth-order valence-corrected chi connectivity index (χ4v) is 4.93. The monoisotopic (exact) mass is 474 g/mol. The Kier molecular flexibility index (Phi) is 6.56. The van der Waals surface area contributed by atoms with Gasteiger partial charge in [0.25, 0.3) is 15.9 Å². The van der Waals surface area contributed by atoms with Crippen molar-refractivity contribution in [3.05, 3.63) is 77.9 Å². The minimum Gasteiger partial charge on any atom is -0.495 e. The van der Waals surface area contributed by atoms with E-state index < -0.39 is 25.8 Å². The van der Waals surface area contributed by atoms with Crippen LogP contribution in [0.5, 0.6) is 5.75 Å². The number of rotatable bonds is 7. The van der Waals surface area contributed by atoms with Gasteiger partial charge in [0, 0.05) is 17.5 Å². The second kappa shape index (κ2) is 9.01. The predicted molar refractivity (Wildman–Crippen MR) is 122 cm³/mol. The molecule has 1 amide bonds. The number of carbonyl (C=O) groups excluding carboxylic acids is 1. The van der Waals surface area contributed by atoms with Gasteiger partial charge in [0.05, 0.1) is 22.6 Å². The van der Waals surface area contributed by atoms with Crippen LogP contribution in [-0.2, 0) is 19.9 Å². The standard InChI is InChI=1S/C22H22N2O6S2/c1-15-8-11-17(23-22(25)16-9-12-18(13-10-16)31(3,26)27)14-21(15)32(28,29)24-19-6-4-5-7-20(19)30-2/h4-14,24H,1-3H3,(H,23,25). The maximum atomic E-state index is 13.0. The van der Waals surface area contributed by atoms with Crippen LogP contribution in [0.4, 0.5) is 11.4 Å². The largest absolute Gasteiger partial charge is 0.495 e. The maximum Gasteiger partial charge on any atom is 0.262 e. The average molecular weight is 475 g/mol. The summed E-state index contributed by atoms with van der Waals surface area (Å²) in [5, 5.41) is 2.64. The van der Waals surface area contributed by atoms with E-state index in [1.54, 1.807) is 43.3 Å². The number of nitrogens with one attached hydrogen (secondary N) is 2. The minimum absolute atomic E-state index is 0.00590. The zero-order chi connectivity index (χ0) is 23.5. The van der Waals surface area contributed by atoms with Gasteiger partial charge < -0.3 is 10.1 Å². The lowest BCUT2D eigenvalue weighted by Crippen LogP contribution is -2.16. The Hall–Kier alpha value is -3.37. The van der Waals surface area contributed by atoms with Crippen LogP contribution < -0.4 is 14.8 Å². The van der Waals surface area contributed by atoms with Gasteiger partial charge >= 0.3 is 0 Å². The number of aryl methyl sites for hydroxylation is 1. The van der Waals surface area contributed by atoms with Crippen LogP contribution in [0, 0.1) is 6.92 Å². The molecule has 0 saturated heterocycles. The molecule has 0 aliphatic carbocycles. The molecule has 3 rings (SSSR count). The van der Waals surface area contributed by atoms with Crippen molar-refractivity contribution in [1.82, 2.24) is 0 Å². The highest BCUT2D eigenvalue weighted by molar-refractivity contribution is 7.92. The van der Waals surface area contributed by atoms with Crippen molar-refractivity contribution in [2.75, 3.05) is 23.4 Å². The van der Waals surface area contributed by atoms with E-state index in [2.05, 4.69) is 10.0 Å². The molecule has 0 atom stereocenters. The number of carbonyl (C=O) groups is 1. The van der Waals surface area contributed by atoms with Crippen molar-refractivity contribution in [3.63, 3.8) is 0 Å². The maximum absolute atomic E-state index is 13.0. The number of ether oxygens (including phenoxy) is 1. The zero-order valence-electron chi connectivity index (χ0n) is 17.6. The van der Waals surface area contributed by atoms with E-state index in [0.717, 1.165) is 6.26 Å². The Labute approximate surface area is 187 Å². The summed E-state index contributed by atoms with van der Waals surface area (Å²) in [6, 6.07) is 16.6. The first-order valence-electron chi connectivity index (χ1n) is 9.39. The molecule has 0 saturated carbocycles. The lowest BCUT2D eigenvalue weighted by atomic mass is 10.2. The van der Waals surface area contributed by atoms with Crippen LogP contribution in [0.25, 0.3) is 0 Å². The van der Waals surface area contributed by atoms with Crippen LogP contribution in [0.2, 0.25) is 0 Å². The second-order valence-corrected chi connectivity index (χ2v) is 10.7. The van der Waals surface area contributed by atoms with Crippen LogP contribution in [-0.4, -0.2) is 36.1 Å². The summed E-state index contributed by atoms with van der Waals surface area (Å²) < 4.78 is 56.8. The Morgan fingerprint density at radius 2 is 1.56 bits per heavy atom. The van der Waals surface area contributed by atoms with E-state index >= 15 is 0 Å². The number of benzene rings is 3. The molecule has 0 heterocycles. The van der Waals surface area contributed by atoms with Crippen LogP contribution >= 0.6 is 0 Å². The van der Waals surface area contributed by atoms with Gasteiger partial charge in [-0.2, -0.15) is 0 Å². The molecule has 0 bridgehead atoms. The van der Waals surface area contributed by atoms with Gasteiger partial charge in [0.1, 0.15) is 5.75 Å². The number of sulfone groups is 1. The first kappa shape index (κ1) is 23.3. The van der Waals surface area contributed by atoms with Gasteiger partial charge in [0.15, 0.2) is 9.84 Å². The lowest BCUT2D eigenvalue weighted by Gasteiger charge is -2.14. The Morgan fingerprint density at radius 3 is 2.19 bits per heavy atom. The number of hydrogen-bond acceptors (Lipinski definition) is 6. The van der Waals surface area contributed by atoms with Crippen molar-refractivity contribution < 1.29 is 26.4 Å². The Morgan fingerprint density at radius 1 is 0.906 bits per heavy atom.